The molecule has 1 aromatic carbocycles. The van der Waals surface area contributed by atoms with E-state index in [9.17, 15) is 8.42 Å². The zero-order chi connectivity index (χ0) is 16.5. The molecule has 2 rings (SSSR count). The van der Waals surface area contributed by atoms with Crippen molar-refractivity contribution < 1.29 is 12.8 Å². The van der Waals surface area contributed by atoms with E-state index in [4.69, 9.17) is 4.42 Å². The van der Waals surface area contributed by atoms with Crippen LogP contribution >= 0.6 is 11.8 Å². The number of nitrogens with zero attached hydrogens (tertiary/aromatic N) is 2. The van der Waals surface area contributed by atoms with Crippen molar-refractivity contribution in [2.45, 2.75) is 48.5 Å². The van der Waals surface area contributed by atoms with E-state index in [-0.39, 0.29) is 10.7 Å². The predicted molar refractivity (Wildman–Crippen MR) is 86.8 cm³/mol. The fourth-order valence-electron chi connectivity index (χ4n) is 1.77. The van der Waals surface area contributed by atoms with Crippen LogP contribution in [0.2, 0.25) is 0 Å². The molecule has 0 radical (unpaired) electrons. The Hall–Kier alpha value is -1.34. The Kier molecular flexibility index (Phi) is 4.67. The summed E-state index contributed by atoms with van der Waals surface area (Å²) in [5.41, 5.74) is 0.833. The molecule has 1 unspecified atom stereocenters. The zero-order valence-corrected chi connectivity index (χ0v) is 15.0. The Morgan fingerprint density at radius 2 is 1.73 bits per heavy atom. The Labute approximate surface area is 135 Å². The predicted octanol–water partition coefficient (Wildman–Crippen LogP) is 3.62. The van der Waals surface area contributed by atoms with Gasteiger partial charge in [-0.3, -0.25) is 0 Å². The highest BCUT2D eigenvalue weighted by molar-refractivity contribution is 7.99. The van der Waals surface area contributed by atoms with E-state index >= 15 is 0 Å². The third kappa shape index (κ3) is 4.10. The van der Waals surface area contributed by atoms with Crippen LogP contribution in [0.4, 0.5) is 0 Å². The van der Waals surface area contributed by atoms with E-state index in [1.165, 1.54) is 18.0 Å². The maximum atomic E-state index is 11.5. The fraction of sp³-hybridized carbons (Fsp3) is 0.467. The quantitative estimate of drug-likeness (QED) is 0.791. The van der Waals surface area contributed by atoms with Crippen LogP contribution in [0.1, 0.15) is 44.4 Å². The summed E-state index contributed by atoms with van der Waals surface area (Å²) < 4.78 is 28.6. The van der Waals surface area contributed by atoms with Crippen LogP contribution in [-0.2, 0) is 15.3 Å². The van der Waals surface area contributed by atoms with E-state index < -0.39 is 9.84 Å². The molecule has 1 heterocycles. The van der Waals surface area contributed by atoms with Gasteiger partial charge in [0.2, 0.25) is 5.89 Å². The summed E-state index contributed by atoms with van der Waals surface area (Å²) >= 11 is 1.46. The van der Waals surface area contributed by atoms with Crippen molar-refractivity contribution in [2.24, 2.45) is 0 Å². The van der Waals surface area contributed by atoms with Crippen LogP contribution in [0, 0.1) is 0 Å². The lowest BCUT2D eigenvalue weighted by atomic mass is 9.97. The largest absolute Gasteiger partial charge is 0.415 e. The normalized spacial score (nSPS) is 14.0. The van der Waals surface area contributed by atoms with Crippen LogP contribution in [-0.4, -0.2) is 24.9 Å². The smallest absolute Gasteiger partial charge is 0.277 e. The first-order valence-electron chi connectivity index (χ1n) is 6.88. The van der Waals surface area contributed by atoms with Gasteiger partial charge in [0.1, 0.15) is 0 Å². The number of rotatable bonds is 4. The van der Waals surface area contributed by atoms with Crippen LogP contribution in [0.5, 0.6) is 0 Å². The van der Waals surface area contributed by atoms with Gasteiger partial charge in [-0.1, -0.05) is 44.7 Å². The summed E-state index contributed by atoms with van der Waals surface area (Å²) in [7, 11) is -3.16. The standard InChI is InChI=1S/C15H20N2O3S2/c1-10(11-6-8-12(9-7-11)22(5,18)19)21-14-17-16-13(20-14)15(2,3)4/h6-10H,1-5H3. The van der Waals surface area contributed by atoms with Gasteiger partial charge >= 0.3 is 0 Å². The lowest BCUT2D eigenvalue weighted by molar-refractivity contribution is 0.347. The molecule has 7 heteroatoms. The van der Waals surface area contributed by atoms with Gasteiger partial charge in [0.05, 0.1) is 4.90 Å². The van der Waals surface area contributed by atoms with Gasteiger partial charge in [-0.2, -0.15) is 0 Å². The molecule has 0 spiro atoms. The molecule has 120 valence electrons. The van der Waals surface area contributed by atoms with Crippen LogP contribution in [0.3, 0.4) is 0 Å². The van der Waals surface area contributed by atoms with Gasteiger partial charge < -0.3 is 4.42 Å². The minimum absolute atomic E-state index is 0.0851. The Balaban J connectivity index is 2.12. The molecule has 0 N–H and O–H groups in total. The van der Waals surface area contributed by atoms with Gasteiger partial charge in [0, 0.05) is 16.9 Å². The highest BCUT2D eigenvalue weighted by atomic mass is 32.2. The van der Waals surface area contributed by atoms with Gasteiger partial charge in [-0.15, -0.1) is 10.2 Å². The first-order chi connectivity index (χ1) is 10.1. The first kappa shape index (κ1) is 17.0. The van der Waals surface area contributed by atoms with E-state index in [0.29, 0.717) is 16.0 Å². The molecule has 1 atom stereocenters. The van der Waals surface area contributed by atoms with Crippen molar-refractivity contribution in [3.05, 3.63) is 35.7 Å². The molecular weight excluding hydrogens is 320 g/mol. The fourth-order valence-corrected chi connectivity index (χ4v) is 3.21. The second kappa shape index (κ2) is 6.04. The average Bonchev–Trinajstić information content (AvgIpc) is 2.86. The number of hydrogen-bond donors (Lipinski definition) is 0. The lowest BCUT2D eigenvalue weighted by Crippen LogP contribution is -2.11. The molecule has 22 heavy (non-hydrogen) atoms. The highest BCUT2D eigenvalue weighted by Gasteiger charge is 2.22. The molecule has 0 fully saturated rings. The van der Waals surface area contributed by atoms with E-state index in [2.05, 4.69) is 10.2 Å². The number of sulfone groups is 1. The molecule has 0 saturated heterocycles. The summed E-state index contributed by atoms with van der Waals surface area (Å²) in [4.78, 5) is 0.321. The number of thioether (sulfide) groups is 1. The van der Waals surface area contributed by atoms with Gasteiger partial charge in [0.25, 0.3) is 5.22 Å². The molecule has 1 aromatic heterocycles. The summed E-state index contributed by atoms with van der Waals surface area (Å²) in [6.07, 6.45) is 1.20. The molecule has 5 nitrogen and oxygen atoms in total. The summed E-state index contributed by atoms with van der Waals surface area (Å²) in [6, 6.07) is 6.87. The third-order valence-corrected chi connectivity index (χ3v) is 5.22. The average molecular weight is 340 g/mol. The minimum Gasteiger partial charge on any atom is -0.415 e. The first-order valence-corrected chi connectivity index (χ1v) is 9.65. The van der Waals surface area contributed by atoms with Crippen molar-refractivity contribution in [2.75, 3.05) is 6.26 Å². The Morgan fingerprint density at radius 1 is 1.14 bits per heavy atom. The molecule has 2 aromatic rings. The van der Waals surface area contributed by atoms with Crippen molar-refractivity contribution in [3.63, 3.8) is 0 Å². The molecule has 0 amide bonds. The van der Waals surface area contributed by atoms with Crippen LogP contribution in [0.15, 0.2) is 38.8 Å². The van der Waals surface area contributed by atoms with Crippen molar-refractivity contribution in [1.82, 2.24) is 10.2 Å². The monoisotopic (exact) mass is 340 g/mol. The van der Waals surface area contributed by atoms with E-state index in [1.54, 1.807) is 12.1 Å². The molecule has 0 aliphatic rings. The number of aromatic nitrogens is 2. The van der Waals surface area contributed by atoms with Crippen molar-refractivity contribution >= 4 is 21.6 Å². The molecule has 0 aliphatic carbocycles. The van der Waals surface area contributed by atoms with E-state index in [1.807, 2.05) is 39.8 Å². The third-order valence-electron chi connectivity index (χ3n) is 3.10. The second-order valence-electron chi connectivity index (χ2n) is 6.22. The summed E-state index contributed by atoms with van der Waals surface area (Å²) in [5.74, 6) is 0.606. The highest BCUT2D eigenvalue weighted by Crippen LogP contribution is 2.35. The van der Waals surface area contributed by atoms with Gasteiger partial charge in [-0.25, -0.2) is 8.42 Å². The van der Waals surface area contributed by atoms with E-state index in [0.717, 1.165) is 5.56 Å². The molecular formula is C15H20N2O3S2. The maximum absolute atomic E-state index is 11.5. The summed E-state index contributed by atoms with van der Waals surface area (Å²) in [5, 5.41) is 8.72. The van der Waals surface area contributed by atoms with Crippen molar-refractivity contribution in [3.8, 4) is 0 Å². The molecule has 0 bridgehead atoms. The minimum atomic E-state index is -3.16. The lowest BCUT2D eigenvalue weighted by Gasteiger charge is -2.12. The maximum Gasteiger partial charge on any atom is 0.277 e. The Bertz CT molecular complexity index is 744. The number of benzene rings is 1. The SMILES string of the molecule is CC(Sc1nnc(C(C)(C)C)o1)c1ccc(S(C)(=O)=O)cc1. The zero-order valence-electron chi connectivity index (χ0n) is 13.3. The van der Waals surface area contributed by atoms with Gasteiger partial charge in [0.15, 0.2) is 9.84 Å². The molecule has 0 saturated carbocycles. The van der Waals surface area contributed by atoms with Gasteiger partial charge in [-0.05, 0) is 24.6 Å². The van der Waals surface area contributed by atoms with Crippen LogP contribution in [0.25, 0.3) is 0 Å². The van der Waals surface area contributed by atoms with Crippen LogP contribution < -0.4 is 0 Å². The second-order valence-corrected chi connectivity index (χ2v) is 9.53. The topological polar surface area (TPSA) is 73.1 Å². The Morgan fingerprint density at radius 3 is 2.18 bits per heavy atom. The summed E-state index contributed by atoms with van der Waals surface area (Å²) in [6.45, 7) is 8.06. The number of hydrogen-bond acceptors (Lipinski definition) is 6. The van der Waals surface area contributed by atoms with Crippen molar-refractivity contribution in [1.29, 1.82) is 0 Å². The molecule has 0 aliphatic heterocycles.